The summed E-state index contributed by atoms with van der Waals surface area (Å²) in [6, 6.07) is 9.18. The van der Waals surface area contributed by atoms with E-state index >= 15 is 0 Å². The third kappa shape index (κ3) is 4.08. The molecule has 1 unspecified atom stereocenters. The molecule has 3 aliphatic rings. The minimum atomic E-state index is 0.152. The fourth-order valence-electron chi connectivity index (χ4n) is 5.02. The second kappa shape index (κ2) is 7.56. The van der Waals surface area contributed by atoms with Crippen molar-refractivity contribution in [2.45, 2.75) is 51.6 Å². The first-order valence-corrected chi connectivity index (χ1v) is 10.8. The molecule has 0 aliphatic carbocycles. The molecule has 1 amide bonds. The van der Waals surface area contributed by atoms with E-state index in [-0.39, 0.29) is 11.3 Å². The number of hydrogen-bond acceptors (Lipinski definition) is 3. The summed E-state index contributed by atoms with van der Waals surface area (Å²) in [5.41, 5.74) is 3.51. The SMILES string of the molecule is CN(C)C(=O)[C@H]1C[NH+]2CC[C@H]1C[C@@H]2Cn1cc(-c2ccc(C(C)(C)C)cc2)nn1. The van der Waals surface area contributed by atoms with Crippen LogP contribution in [-0.2, 0) is 16.8 Å². The van der Waals surface area contributed by atoms with Crippen LogP contribution in [0.25, 0.3) is 11.3 Å². The summed E-state index contributed by atoms with van der Waals surface area (Å²) in [5, 5.41) is 8.82. The Morgan fingerprint density at radius 2 is 1.97 bits per heavy atom. The van der Waals surface area contributed by atoms with E-state index in [1.807, 2.05) is 18.8 Å². The van der Waals surface area contributed by atoms with Crippen LogP contribution in [0.1, 0.15) is 39.2 Å². The molecule has 1 aromatic heterocycles. The van der Waals surface area contributed by atoms with Gasteiger partial charge in [0.1, 0.15) is 11.7 Å². The largest absolute Gasteiger partial charge is 0.348 e. The number of fused-ring (bicyclic) bond motifs is 3. The van der Waals surface area contributed by atoms with E-state index in [0.717, 1.165) is 30.8 Å². The number of nitrogens with zero attached hydrogens (tertiary/aromatic N) is 4. The first-order valence-electron chi connectivity index (χ1n) is 10.8. The fourth-order valence-corrected chi connectivity index (χ4v) is 5.02. The summed E-state index contributed by atoms with van der Waals surface area (Å²) >= 11 is 0. The lowest BCUT2D eigenvalue weighted by atomic mass is 9.75. The number of hydrogen-bond donors (Lipinski definition) is 1. The molecule has 3 saturated heterocycles. The molecular formula is C23H34N5O+. The van der Waals surface area contributed by atoms with Gasteiger partial charge in [-0.15, -0.1) is 5.10 Å². The summed E-state index contributed by atoms with van der Waals surface area (Å²) in [6.45, 7) is 9.69. The average molecular weight is 397 g/mol. The van der Waals surface area contributed by atoms with Gasteiger partial charge in [-0.2, -0.15) is 0 Å². The molecule has 4 atom stereocenters. The molecule has 5 rings (SSSR count). The predicted octanol–water partition coefficient (Wildman–Crippen LogP) is 1.62. The zero-order valence-corrected chi connectivity index (χ0v) is 18.4. The standard InChI is InChI=1S/C23H33N5O/c1-23(2,3)18-8-6-16(7-9-18)21-15-28(25-24-21)13-19-12-17-10-11-27(19)14-20(17)22(29)26(4)5/h6-9,15,17,19-20H,10-14H2,1-5H3/p+1/t17-,19+,20-/m0/s1. The normalized spacial score (nSPS) is 26.5. The maximum Gasteiger partial charge on any atom is 0.231 e. The molecular weight excluding hydrogens is 362 g/mol. The van der Waals surface area contributed by atoms with Gasteiger partial charge in [0.15, 0.2) is 0 Å². The van der Waals surface area contributed by atoms with E-state index in [9.17, 15) is 4.79 Å². The summed E-state index contributed by atoms with van der Waals surface area (Å²) in [6.07, 6.45) is 4.34. The molecule has 1 N–H and O–H groups in total. The van der Waals surface area contributed by atoms with Gasteiger partial charge in [0.05, 0.1) is 31.7 Å². The Morgan fingerprint density at radius 3 is 2.55 bits per heavy atom. The highest BCUT2D eigenvalue weighted by atomic mass is 16.2. The molecule has 4 heterocycles. The first kappa shape index (κ1) is 20.1. The quantitative estimate of drug-likeness (QED) is 0.855. The Balaban J connectivity index is 1.42. The molecule has 0 spiro atoms. The first-order chi connectivity index (χ1) is 13.7. The number of amides is 1. The summed E-state index contributed by atoms with van der Waals surface area (Å²) < 4.78 is 1.99. The van der Waals surface area contributed by atoms with Crippen molar-refractivity contribution in [2.75, 3.05) is 27.2 Å². The molecule has 3 aliphatic heterocycles. The molecule has 6 heteroatoms. The van der Waals surface area contributed by atoms with Crippen LogP contribution in [0, 0.1) is 11.8 Å². The zero-order chi connectivity index (χ0) is 20.8. The van der Waals surface area contributed by atoms with Crippen molar-refractivity contribution in [2.24, 2.45) is 11.8 Å². The van der Waals surface area contributed by atoms with E-state index in [4.69, 9.17) is 0 Å². The number of rotatable bonds is 4. The number of carbonyl (C=O) groups is 1. The predicted molar refractivity (Wildman–Crippen MR) is 114 cm³/mol. The van der Waals surface area contributed by atoms with Gasteiger partial charge in [-0.05, 0) is 16.9 Å². The second-order valence-electron chi connectivity index (χ2n) is 10.1. The minimum Gasteiger partial charge on any atom is -0.348 e. The highest BCUT2D eigenvalue weighted by molar-refractivity contribution is 5.78. The molecule has 29 heavy (non-hydrogen) atoms. The van der Waals surface area contributed by atoms with E-state index < -0.39 is 0 Å². The van der Waals surface area contributed by atoms with Crippen molar-refractivity contribution in [3.63, 3.8) is 0 Å². The van der Waals surface area contributed by atoms with E-state index in [1.165, 1.54) is 18.5 Å². The number of benzene rings is 1. The Kier molecular flexibility index (Phi) is 5.23. The highest BCUT2D eigenvalue weighted by Crippen LogP contribution is 2.29. The van der Waals surface area contributed by atoms with Gasteiger partial charge in [-0.25, -0.2) is 4.68 Å². The Bertz CT molecular complexity index is 864. The van der Waals surface area contributed by atoms with Gasteiger partial charge >= 0.3 is 0 Å². The minimum absolute atomic E-state index is 0.152. The van der Waals surface area contributed by atoms with Gasteiger partial charge < -0.3 is 9.80 Å². The van der Waals surface area contributed by atoms with Crippen LogP contribution in [0.3, 0.4) is 0 Å². The third-order valence-electron chi connectivity index (χ3n) is 6.80. The van der Waals surface area contributed by atoms with Crippen LogP contribution in [0.2, 0.25) is 0 Å². The van der Waals surface area contributed by atoms with Gasteiger partial charge in [-0.1, -0.05) is 50.3 Å². The van der Waals surface area contributed by atoms with Crippen LogP contribution in [0.15, 0.2) is 30.5 Å². The number of piperidine rings is 3. The molecule has 156 valence electrons. The lowest BCUT2D eigenvalue weighted by Crippen LogP contribution is -3.20. The van der Waals surface area contributed by atoms with Gasteiger partial charge in [0.2, 0.25) is 5.91 Å². The summed E-state index contributed by atoms with van der Waals surface area (Å²) in [7, 11) is 3.75. The Morgan fingerprint density at radius 1 is 1.24 bits per heavy atom. The van der Waals surface area contributed by atoms with Crippen molar-refractivity contribution in [1.82, 2.24) is 19.9 Å². The highest BCUT2D eigenvalue weighted by Gasteiger charge is 2.47. The fraction of sp³-hybridized carbons (Fsp3) is 0.609. The van der Waals surface area contributed by atoms with E-state index in [2.05, 4.69) is 61.5 Å². The summed E-state index contributed by atoms with van der Waals surface area (Å²) in [4.78, 5) is 15.8. The number of nitrogens with one attached hydrogen (secondary N) is 1. The lowest BCUT2D eigenvalue weighted by Gasteiger charge is -2.46. The smallest absolute Gasteiger partial charge is 0.231 e. The molecule has 6 nitrogen and oxygen atoms in total. The maximum atomic E-state index is 12.5. The molecule has 1 aromatic carbocycles. The number of quaternary nitrogens is 1. The number of carbonyl (C=O) groups excluding carboxylic acids is 1. The summed E-state index contributed by atoms with van der Waals surface area (Å²) in [5.74, 6) is 1.00. The van der Waals surface area contributed by atoms with Gasteiger partial charge in [0.25, 0.3) is 0 Å². The Hall–Kier alpha value is -2.21. The van der Waals surface area contributed by atoms with Crippen molar-refractivity contribution in [3.05, 3.63) is 36.0 Å². The van der Waals surface area contributed by atoms with E-state index in [1.54, 1.807) is 9.80 Å². The topological polar surface area (TPSA) is 55.5 Å². The molecule has 2 bridgehead atoms. The Labute approximate surface area is 173 Å². The molecule has 0 saturated carbocycles. The molecule has 0 radical (unpaired) electrons. The van der Waals surface area contributed by atoms with Crippen molar-refractivity contribution < 1.29 is 9.69 Å². The number of aromatic nitrogens is 3. The van der Waals surface area contributed by atoms with Crippen LogP contribution >= 0.6 is 0 Å². The van der Waals surface area contributed by atoms with Crippen LogP contribution in [-0.4, -0.2) is 59.0 Å². The molecule has 3 fully saturated rings. The lowest BCUT2D eigenvalue weighted by molar-refractivity contribution is -0.945. The van der Waals surface area contributed by atoms with E-state index in [0.29, 0.717) is 17.9 Å². The zero-order valence-electron chi connectivity index (χ0n) is 18.4. The monoisotopic (exact) mass is 396 g/mol. The maximum absolute atomic E-state index is 12.5. The van der Waals surface area contributed by atoms with Gasteiger partial charge in [0, 0.05) is 32.5 Å². The molecule has 2 aromatic rings. The van der Waals surface area contributed by atoms with Crippen molar-refractivity contribution in [1.29, 1.82) is 0 Å². The van der Waals surface area contributed by atoms with Crippen molar-refractivity contribution >= 4 is 5.91 Å². The van der Waals surface area contributed by atoms with Crippen LogP contribution in [0.4, 0.5) is 0 Å². The average Bonchev–Trinajstić information content (AvgIpc) is 3.15. The third-order valence-corrected chi connectivity index (χ3v) is 6.80. The van der Waals surface area contributed by atoms with Crippen LogP contribution in [0.5, 0.6) is 0 Å². The second-order valence-corrected chi connectivity index (χ2v) is 10.1. The van der Waals surface area contributed by atoms with Crippen LogP contribution < -0.4 is 4.90 Å². The van der Waals surface area contributed by atoms with Crippen molar-refractivity contribution in [3.8, 4) is 11.3 Å². The van der Waals surface area contributed by atoms with Gasteiger partial charge in [-0.3, -0.25) is 4.79 Å².